The summed E-state index contributed by atoms with van der Waals surface area (Å²) in [7, 11) is 1.54. The standard InChI is InChI=1S/C9H12O3/c1-6-3-4-7(12-2)5-8(6)9(10)11/h3-5,9-11H,1-2H3. The molecule has 0 heterocycles. The van der Waals surface area contributed by atoms with Gasteiger partial charge in [0.15, 0.2) is 6.29 Å². The topological polar surface area (TPSA) is 49.7 Å². The number of aryl methyl sites for hydroxylation is 1. The molecule has 1 aromatic rings. The SMILES string of the molecule is COc1ccc(C)c(C(O)O)c1. The summed E-state index contributed by atoms with van der Waals surface area (Å²) in [6, 6.07) is 5.18. The molecule has 0 aliphatic rings. The van der Waals surface area contributed by atoms with Crippen molar-refractivity contribution in [3.63, 3.8) is 0 Å². The molecule has 0 atom stereocenters. The quantitative estimate of drug-likeness (QED) is 0.647. The summed E-state index contributed by atoms with van der Waals surface area (Å²) in [4.78, 5) is 0. The van der Waals surface area contributed by atoms with Crippen LogP contribution in [0.4, 0.5) is 0 Å². The molecule has 3 heteroatoms. The molecule has 1 aromatic carbocycles. The van der Waals surface area contributed by atoms with Gasteiger partial charge in [0, 0.05) is 5.56 Å². The third-order valence-electron chi connectivity index (χ3n) is 1.76. The average molecular weight is 168 g/mol. The summed E-state index contributed by atoms with van der Waals surface area (Å²) in [5, 5.41) is 17.8. The molecule has 66 valence electrons. The highest BCUT2D eigenvalue weighted by atomic mass is 16.5. The van der Waals surface area contributed by atoms with Crippen molar-refractivity contribution >= 4 is 0 Å². The van der Waals surface area contributed by atoms with Gasteiger partial charge in [-0.2, -0.15) is 0 Å². The molecule has 0 bridgehead atoms. The summed E-state index contributed by atoms with van der Waals surface area (Å²) >= 11 is 0. The fraction of sp³-hybridized carbons (Fsp3) is 0.333. The number of benzene rings is 1. The van der Waals surface area contributed by atoms with E-state index in [9.17, 15) is 0 Å². The van der Waals surface area contributed by atoms with Crippen molar-refractivity contribution in [2.24, 2.45) is 0 Å². The molecule has 0 saturated carbocycles. The van der Waals surface area contributed by atoms with Gasteiger partial charge in [-0.25, -0.2) is 0 Å². The van der Waals surface area contributed by atoms with Crippen LogP contribution < -0.4 is 4.74 Å². The zero-order chi connectivity index (χ0) is 9.14. The number of hydrogen-bond acceptors (Lipinski definition) is 3. The lowest BCUT2D eigenvalue weighted by atomic mass is 10.1. The normalized spacial score (nSPS) is 10.4. The van der Waals surface area contributed by atoms with Crippen LogP contribution in [-0.4, -0.2) is 17.3 Å². The Morgan fingerprint density at radius 1 is 1.33 bits per heavy atom. The molecular formula is C9H12O3. The molecule has 0 aromatic heterocycles. The minimum Gasteiger partial charge on any atom is -0.497 e. The van der Waals surface area contributed by atoms with E-state index in [1.807, 2.05) is 6.92 Å². The lowest BCUT2D eigenvalue weighted by Gasteiger charge is -2.09. The molecule has 12 heavy (non-hydrogen) atoms. The van der Waals surface area contributed by atoms with E-state index < -0.39 is 6.29 Å². The van der Waals surface area contributed by atoms with E-state index in [0.29, 0.717) is 11.3 Å². The number of aliphatic hydroxyl groups excluding tert-OH is 1. The zero-order valence-electron chi connectivity index (χ0n) is 7.11. The van der Waals surface area contributed by atoms with Crippen LogP contribution in [0.3, 0.4) is 0 Å². The van der Waals surface area contributed by atoms with E-state index in [2.05, 4.69) is 0 Å². The predicted molar refractivity (Wildman–Crippen MR) is 44.9 cm³/mol. The molecule has 0 fully saturated rings. The summed E-state index contributed by atoms with van der Waals surface area (Å²) in [5.41, 5.74) is 1.32. The Morgan fingerprint density at radius 2 is 2.00 bits per heavy atom. The lowest BCUT2D eigenvalue weighted by Crippen LogP contribution is -1.98. The van der Waals surface area contributed by atoms with E-state index in [4.69, 9.17) is 14.9 Å². The molecule has 0 unspecified atom stereocenters. The minimum atomic E-state index is -1.43. The molecule has 0 saturated heterocycles. The van der Waals surface area contributed by atoms with Crippen molar-refractivity contribution < 1.29 is 14.9 Å². The summed E-state index contributed by atoms with van der Waals surface area (Å²) < 4.78 is 4.94. The van der Waals surface area contributed by atoms with Crippen LogP contribution in [0.2, 0.25) is 0 Å². The molecule has 0 amide bonds. The third-order valence-corrected chi connectivity index (χ3v) is 1.76. The van der Waals surface area contributed by atoms with Gasteiger partial charge in [-0.3, -0.25) is 0 Å². The number of ether oxygens (including phenoxy) is 1. The van der Waals surface area contributed by atoms with Crippen molar-refractivity contribution in [2.75, 3.05) is 7.11 Å². The summed E-state index contributed by atoms with van der Waals surface area (Å²) in [5.74, 6) is 0.628. The van der Waals surface area contributed by atoms with E-state index in [1.54, 1.807) is 18.2 Å². The Hall–Kier alpha value is -1.06. The van der Waals surface area contributed by atoms with Gasteiger partial charge in [0.2, 0.25) is 0 Å². The first-order valence-corrected chi connectivity index (χ1v) is 3.66. The van der Waals surface area contributed by atoms with Crippen LogP contribution >= 0.6 is 0 Å². The first-order valence-electron chi connectivity index (χ1n) is 3.66. The van der Waals surface area contributed by atoms with E-state index >= 15 is 0 Å². The minimum absolute atomic E-state index is 0.481. The largest absolute Gasteiger partial charge is 0.497 e. The maximum atomic E-state index is 8.92. The number of hydrogen-bond donors (Lipinski definition) is 2. The fourth-order valence-corrected chi connectivity index (χ4v) is 1.02. The smallest absolute Gasteiger partial charge is 0.178 e. The van der Waals surface area contributed by atoms with Crippen LogP contribution in [0.25, 0.3) is 0 Å². The lowest BCUT2D eigenvalue weighted by molar-refractivity contribution is -0.0430. The fourth-order valence-electron chi connectivity index (χ4n) is 1.02. The predicted octanol–water partition coefficient (Wildman–Crippen LogP) is 0.987. The van der Waals surface area contributed by atoms with Crippen LogP contribution in [0.1, 0.15) is 17.4 Å². The third kappa shape index (κ3) is 1.75. The van der Waals surface area contributed by atoms with Gasteiger partial charge in [-0.15, -0.1) is 0 Å². The maximum absolute atomic E-state index is 8.92. The Bertz CT molecular complexity index is 268. The van der Waals surface area contributed by atoms with Gasteiger partial charge in [-0.05, 0) is 24.6 Å². The van der Waals surface area contributed by atoms with Crippen LogP contribution in [0, 0.1) is 6.92 Å². The maximum Gasteiger partial charge on any atom is 0.178 e. The molecule has 0 radical (unpaired) electrons. The van der Waals surface area contributed by atoms with Crippen LogP contribution in [-0.2, 0) is 0 Å². The highest BCUT2D eigenvalue weighted by Crippen LogP contribution is 2.21. The highest BCUT2D eigenvalue weighted by Gasteiger charge is 2.06. The van der Waals surface area contributed by atoms with Crippen LogP contribution in [0.5, 0.6) is 5.75 Å². The van der Waals surface area contributed by atoms with Gasteiger partial charge in [0.25, 0.3) is 0 Å². The monoisotopic (exact) mass is 168 g/mol. The van der Waals surface area contributed by atoms with Gasteiger partial charge < -0.3 is 14.9 Å². The van der Waals surface area contributed by atoms with E-state index in [-0.39, 0.29) is 0 Å². The summed E-state index contributed by atoms with van der Waals surface area (Å²) in [6.07, 6.45) is -1.43. The number of rotatable bonds is 2. The first kappa shape index (κ1) is 9.03. The second kappa shape index (κ2) is 3.56. The Labute approximate surface area is 71.2 Å². The molecule has 0 spiro atoms. The van der Waals surface area contributed by atoms with Gasteiger partial charge >= 0.3 is 0 Å². The first-order chi connectivity index (χ1) is 5.65. The van der Waals surface area contributed by atoms with Crippen molar-refractivity contribution in [1.29, 1.82) is 0 Å². The molecule has 0 aliphatic carbocycles. The van der Waals surface area contributed by atoms with E-state index in [1.165, 1.54) is 7.11 Å². The highest BCUT2D eigenvalue weighted by molar-refractivity contribution is 5.35. The van der Waals surface area contributed by atoms with Crippen molar-refractivity contribution in [2.45, 2.75) is 13.2 Å². The molecule has 0 aliphatic heterocycles. The Balaban J connectivity index is 3.08. The zero-order valence-corrected chi connectivity index (χ0v) is 7.11. The van der Waals surface area contributed by atoms with E-state index in [0.717, 1.165) is 5.56 Å². The Morgan fingerprint density at radius 3 is 2.50 bits per heavy atom. The molecule has 2 N–H and O–H groups in total. The van der Waals surface area contributed by atoms with Gasteiger partial charge in [-0.1, -0.05) is 6.07 Å². The molecular weight excluding hydrogens is 156 g/mol. The second-order valence-corrected chi connectivity index (χ2v) is 2.60. The molecule has 3 nitrogen and oxygen atoms in total. The van der Waals surface area contributed by atoms with Crippen molar-refractivity contribution in [1.82, 2.24) is 0 Å². The number of methoxy groups -OCH3 is 1. The van der Waals surface area contributed by atoms with Crippen molar-refractivity contribution in [3.8, 4) is 5.75 Å². The van der Waals surface area contributed by atoms with Gasteiger partial charge in [0.05, 0.1) is 7.11 Å². The van der Waals surface area contributed by atoms with Gasteiger partial charge in [0.1, 0.15) is 5.75 Å². The second-order valence-electron chi connectivity index (χ2n) is 2.60. The average Bonchev–Trinajstić information content (AvgIpc) is 2.05. The number of aliphatic hydroxyl groups is 2. The summed E-state index contributed by atoms with van der Waals surface area (Å²) in [6.45, 7) is 1.81. The Kier molecular flexibility index (Phi) is 2.68. The molecule has 1 rings (SSSR count). The van der Waals surface area contributed by atoms with Crippen molar-refractivity contribution in [3.05, 3.63) is 29.3 Å². The van der Waals surface area contributed by atoms with Crippen LogP contribution in [0.15, 0.2) is 18.2 Å².